The maximum atomic E-state index is 12.3. The van der Waals surface area contributed by atoms with Crippen molar-refractivity contribution in [2.45, 2.75) is 6.92 Å². The Bertz CT molecular complexity index is 1180. The van der Waals surface area contributed by atoms with E-state index in [2.05, 4.69) is 10.3 Å². The molecule has 0 aliphatic carbocycles. The van der Waals surface area contributed by atoms with E-state index in [0.717, 1.165) is 5.56 Å². The van der Waals surface area contributed by atoms with Gasteiger partial charge in [-0.25, -0.2) is 9.78 Å². The maximum absolute atomic E-state index is 12.3. The topological polar surface area (TPSA) is 72.2 Å². The summed E-state index contributed by atoms with van der Waals surface area (Å²) in [6.45, 7) is 1.97. The van der Waals surface area contributed by atoms with E-state index in [1.54, 1.807) is 54.6 Å². The standard InChI is InChI=1S/C22H16N2O3/c1-14-6-8-15(9-7-14)20(25)23-17-12-10-16(11-13-17)21-24-19-5-3-2-4-18(19)22(26)27-21/h2-13H,1H3,(H,23,25). The van der Waals surface area contributed by atoms with Gasteiger partial charge < -0.3 is 9.73 Å². The summed E-state index contributed by atoms with van der Waals surface area (Å²) >= 11 is 0. The minimum absolute atomic E-state index is 0.182. The Morgan fingerprint density at radius 3 is 2.37 bits per heavy atom. The summed E-state index contributed by atoms with van der Waals surface area (Å²) in [5, 5.41) is 3.29. The lowest BCUT2D eigenvalue weighted by Crippen LogP contribution is -2.11. The normalized spacial score (nSPS) is 10.7. The summed E-state index contributed by atoms with van der Waals surface area (Å²) in [4.78, 5) is 28.8. The van der Waals surface area contributed by atoms with Crippen LogP contribution in [0.15, 0.2) is 82.0 Å². The zero-order valence-corrected chi connectivity index (χ0v) is 14.6. The Morgan fingerprint density at radius 2 is 1.63 bits per heavy atom. The van der Waals surface area contributed by atoms with Crippen molar-refractivity contribution >= 4 is 22.5 Å². The Labute approximate surface area is 155 Å². The third-order valence-corrected chi connectivity index (χ3v) is 4.24. The number of aryl methyl sites for hydroxylation is 1. The number of carbonyl (C=O) groups excluding carboxylic acids is 1. The first-order valence-electron chi connectivity index (χ1n) is 8.48. The van der Waals surface area contributed by atoms with Crippen LogP contribution in [0.2, 0.25) is 0 Å². The van der Waals surface area contributed by atoms with Gasteiger partial charge in [0, 0.05) is 16.8 Å². The smallest absolute Gasteiger partial charge is 0.347 e. The van der Waals surface area contributed by atoms with Gasteiger partial charge in [0.1, 0.15) is 0 Å². The number of hydrogen-bond donors (Lipinski definition) is 1. The van der Waals surface area contributed by atoms with Crippen molar-refractivity contribution in [3.8, 4) is 11.5 Å². The van der Waals surface area contributed by atoms with Crippen LogP contribution in [0, 0.1) is 6.92 Å². The van der Waals surface area contributed by atoms with Crippen molar-refractivity contribution in [1.29, 1.82) is 0 Å². The van der Waals surface area contributed by atoms with Crippen LogP contribution in [0.3, 0.4) is 0 Å². The predicted molar refractivity (Wildman–Crippen MR) is 105 cm³/mol. The fraction of sp³-hybridized carbons (Fsp3) is 0.0455. The molecule has 0 fully saturated rings. The van der Waals surface area contributed by atoms with Crippen LogP contribution in [0.25, 0.3) is 22.4 Å². The van der Waals surface area contributed by atoms with Crippen LogP contribution in [0.5, 0.6) is 0 Å². The number of rotatable bonds is 3. The number of nitrogens with zero attached hydrogens (tertiary/aromatic N) is 1. The highest BCUT2D eigenvalue weighted by Crippen LogP contribution is 2.21. The number of benzene rings is 3. The Hall–Kier alpha value is -3.73. The third kappa shape index (κ3) is 3.48. The molecule has 0 saturated heterocycles. The summed E-state index contributed by atoms with van der Waals surface area (Å²) in [6, 6.07) is 21.4. The molecule has 0 radical (unpaired) electrons. The molecule has 132 valence electrons. The Morgan fingerprint density at radius 1 is 0.926 bits per heavy atom. The Balaban J connectivity index is 1.58. The molecular weight excluding hydrogens is 340 g/mol. The molecule has 0 unspecified atom stereocenters. The van der Waals surface area contributed by atoms with Gasteiger partial charge in [0.05, 0.1) is 10.9 Å². The summed E-state index contributed by atoms with van der Waals surface area (Å²) in [5.74, 6) is 0.0632. The molecule has 0 aliphatic heterocycles. The van der Waals surface area contributed by atoms with Crippen LogP contribution in [-0.4, -0.2) is 10.9 Å². The monoisotopic (exact) mass is 356 g/mol. The number of aromatic nitrogens is 1. The molecule has 0 saturated carbocycles. The fourth-order valence-corrected chi connectivity index (χ4v) is 2.75. The molecular formula is C22H16N2O3. The molecule has 3 aromatic carbocycles. The molecule has 1 heterocycles. The van der Waals surface area contributed by atoms with Gasteiger partial charge in [-0.15, -0.1) is 0 Å². The lowest BCUT2D eigenvalue weighted by molar-refractivity contribution is 0.102. The molecule has 5 heteroatoms. The molecule has 1 aromatic heterocycles. The first-order chi connectivity index (χ1) is 13.1. The predicted octanol–water partition coefficient (Wildman–Crippen LogP) is 4.42. The molecule has 0 atom stereocenters. The molecule has 5 nitrogen and oxygen atoms in total. The van der Waals surface area contributed by atoms with Gasteiger partial charge >= 0.3 is 5.63 Å². The Kier molecular flexibility index (Phi) is 4.26. The van der Waals surface area contributed by atoms with E-state index in [4.69, 9.17) is 4.42 Å². The quantitative estimate of drug-likeness (QED) is 0.590. The van der Waals surface area contributed by atoms with E-state index >= 15 is 0 Å². The van der Waals surface area contributed by atoms with E-state index in [9.17, 15) is 9.59 Å². The highest BCUT2D eigenvalue weighted by atomic mass is 16.4. The van der Waals surface area contributed by atoms with E-state index in [-0.39, 0.29) is 11.8 Å². The molecule has 1 N–H and O–H groups in total. The SMILES string of the molecule is Cc1ccc(C(=O)Nc2ccc(-c3nc4ccccc4c(=O)o3)cc2)cc1. The molecule has 0 bridgehead atoms. The van der Waals surface area contributed by atoms with E-state index < -0.39 is 5.63 Å². The second-order valence-electron chi connectivity index (χ2n) is 6.22. The molecule has 0 aliphatic rings. The lowest BCUT2D eigenvalue weighted by atomic mass is 10.1. The highest BCUT2D eigenvalue weighted by molar-refractivity contribution is 6.04. The van der Waals surface area contributed by atoms with Gasteiger partial charge in [-0.2, -0.15) is 0 Å². The number of carbonyl (C=O) groups is 1. The number of para-hydroxylation sites is 1. The van der Waals surface area contributed by atoms with Crippen molar-refractivity contribution < 1.29 is 9.21 Å². The van der Waals surface area contributed by atoms with Crippen LogP contribution in [-0.2, 0) is 0 Å². The fourth-order valence-electron chi connectivity index (χ4n) is 2.75. The van der Waals surface area contributed by atoms with Crippen molar-refractivity contribution in [1.82, 2.24) is 4.98 Å². The number of amides is 1. The number of fused-ring (bicyclic) bond motifs is 1. The third-order valence-electron chi connectivity index (χ3n) is 4.24. The molecule has 4 aromatic rings. The van der Waals surface area contributed by atoms with Crippen molar-refractivity contribution in [2.24, 2.45) is 0 Å². The number of nitrogens with one attached hydrogen (secondary N) is 1. The van der Waals surface area contributed by atoms with Crippen LogP contribution < -0.4 is 10.9 Å². The zero-order valence-electron chi connectivity index (χ0n) is 14.6. The van der Waals surface area contributed by atoms with Gasteiger partial charge in [-0.05, 0) is 55.5 Å². The minimum atomic E-state index is -0.424. The zero-order chi connectivity index (χ0) is 18.8. The van der Waals surface area contributed by atoms with Crippen LogP contribution in [0.1, 0.15) is 15.9 Å². The summed E-state index contributed by atoms with van der Waals surface area (Å²) < 4.78 is 5.32. The first-order valence-corrected chi connectivity index (χ1v) is 8.48. The van der Waals surface area contributed by atoms with Gasteiger partial charge in [0.2, 0.25) is 5.89 Å². The number of anilines is 1. The summed E-state index contributed by atoms with van der Waals surface area (Å²) in [5.41, 5.74) is 3.15. The van der Waals surface area contributed by atoms with Crippen molar-refractivity contribution in [2.75, 3.05) is 5.32 Å². The minimum Gasteiger partial charge on any atom is -0.403 e. The second kappa shape index (κ2) is 6.88. The van der Waals surface area contributed by atoms with Crippen molar-refractivity contribution in [3.05, 3.63) is 94.3 Å². The van der Waals surface area contributed by atoms with Gasteiger partial charge in [0.25, 0.3) is 5.91 Å². The highest BCUT2D eigenvalue weighted by Gasteiger charge is 2.09. The average Bonchev–Trinajstić information content (AvgIpc) is 2.69. The van der Waals surface area contributed by atoms with Crippen LogP contribution >= 0.6 is 0 Å². The molecule has 1 amide bonds. The van der Waals surface area contributed by atoms with E-state index in [1.165, 1.54) is 0 Å². The van der Waals surface area contributed by atoms with E-state index in [0.29, 0.717) is 27.7 Å². The molecule has 4 rings (SSSR count). The van der Waals surface area contributed by atoms with Gasteiger partial charge in [-0.3, -0.25) is 4.79 Å². The van der Waals surface area contributed by atoms with Crippen molar-refractivity contribution in [3.63, 3.8) is 0 Å². The average molecular weight is 356 g/mol. The summed E-state index contributed by atoms with van der Waals surface area (Å²) in [6.07, 6.45) is 0. The maximum Gasteiger partial charge on any atom is 0.347 e. The van der Waals surface area contributed by atoms with Gasteiger partial charge in [-0.1, -0.05) is 29.8 Å². The molecule has 27 heavy (non-hydrogen) atoms. The largest absolute Gasteiger partial charge is 0.403 e. The number of hydrogen-bond acceptors (Lipinski definition) is 4. The van der Waals surface area contributed by atoms with Gasteiger partial charge in [0.15, 0.2) is 0 Å². The molecule has 0 spiro atoms. The van der Waals surface area contributed by atoms with E-state index in [1.807, 2.05) is 25.1 Å². The van der Waals surface area contributed by atoms with Crippen LogP contribution in [0.4, 0.5) is 5.69 Å². The second-order valence-corrected chi connectivity index (χ2v) is 6.22. The first kappa shape index (κ1) is 16.7. The summed E-state index contributed by atoms with van der Waals surface area (Å²) in [7, 11) is 0. The lowest BCUT2D eigenvalue weighted by Gasteiger charge is -2.07.